The van der Waals surface area contributed by atoms with Crippen LogP contribution in [0.5, 0.6) is 0 Å². The first-order chi connectivity index (χ1) is 30.2. The van der Waals surface area contributed by atoms with Gasteiger partial charge < -0.3 is 0 Å². The Morgan fingerprint density at radius 1 is 0.230 bits per heavy atom. The second-order valence-corrected chi connectivity index (χ2v) is 15.5. The molecule has 0 fully saturated rings. The topological polar surface area (TPSA) is 38.7 Å². The van der Waals surface area contributed by atoms with E-state index in [4.69, 9.17) is 15.0 Å². The summed E-state index contributed by atoms with van der Waals surface area (Å²) in [7, 11) is 0. The minimum atomic E-state index is -0.504. The molecule has 1 aliphatic rings. The smallest absolute Gasteiger partial charge is 0.164 e. The molecule has 0 atom stereocenters. The highest BCUT2D eigenvalue weighted by Crippen LogP contribution is 2.57. The van der Waals surface area contributed by atoms with Gasteiger partial charge in [-0.15, -0.1) is 0 Å². The molecule has 10 aromatic rings. The van der Waals surface area contributed by atoms with Crippen molar-refractivity contribution in [1.29, 1.82) is 0 Å². The average Bonchev–Trinajstić information content (AvgIpc) is 3.66. The summed E-state index contributed by atoms with van der Waals surface area (Å²) in [6.45, 7) is 0. The van der Waals surface area contributed by atoms with E-state index in [9.17, 15) is 0 Å². The highest BCUT2D eigenvalue weighted by Gasteiger charge is 2.46. The van der Waals surface area contributed by atoms with Gasteiger partial charge in [0, 0.05) is 16.7 Å². The molecule has 286 valence electrons. The number of hydrogen-bond donors (Lipinski definition) is 0. The molecule has 0 unspecified atom stereocenters. The second kappa shape index (κ2) is 15.3. The summed E-state index contributed by atoms with van der Waals surface area (Å²) in [6.07, 6.45) is 0. The minimum Gasteiger partial charge on any atom is -0.208 e. The second-order valence-electron chi connectivity index (χ2n) is 15.5. The van der Waals surface area contributed by atoms with Gasteiger partial charge >= 0.3 is 0 Å². The lowest BCUT2D eigenvalue weighted by molar-refractivity contribution is 0.770. The monoisotopic (exact) mass is 777 g/mol. The van der Waals surface area contributed by atoms with Gasteiger partial charge in [0.15, 0.2) is 17.5 Å². The van der Waals surface area contributed by atoms with Gasteiger partial charge in [0.05, 0.1) is 5.41 Å². The van der Waals surface area contributed by atoms with Crippen LogP contribution in [0.15, 0.2) is 237 Å². The summed E-state index contributed by atoms with van der Waals surface area (Å²) in [5, 5.41) is 0. The Balaban J connectivity index is 1.02. The number of benzene rings is 9. The van der Waals surface area contributed by atoms with Crippen molar-refractivity contribution in [2.75, 3.05) is 0 Å². The molecule has 1 aromatic heterocycles. The SMILES string of the molecule is c1ccc(-c2ccc(-c3nc(-c4ccccc4)nc(-c4cccc(-c5cccc(-c6ccccc6C6(c7ccccc7)c7ccccc7-c7ccccc76)c5)c4)n3)cc2)cc1. The third-order valence-corrected chi connectivity index (χ3v) is 12.0. The average molecular weight is 778 g/mol. The van der Waals surface area contributed by atoms with Crippen molar-refractivity contribution in [1.82, 2.24) is 15.0 Å². The Morgan fingerprint density at radius 3 is 1.15 bits per heavy atom. The molecule has 0 saturated carbocycles. The maximum absolute atomic E-state index is 5.11. The van der Waals surface area contributed by atoms with E-state index in [0.29, 0.717) is 17.5 Å². The number of nitrogens with zero attached hydrogens (tertiary/aromatic N) is 3. The van der Waals surface area contributed by atoms with Crippen molar-refractivity contribution >= 4 is 0 Å². The zero-order chi connectivity index (χ0) is 40.6. The van der Waals surface area contributed by atoms with E-state index in [1.807, 2.05) is 36.4 Å². The lowest BCUT2D eigenvalue weighted by Gasteiger charge is -2.35. The van der Waals surface area contributed by atoms with E-state index in [-0.39, 0.29) is 0 Å². The van der Waals surface area contributed by atoms with Crippen LogP contribution in [-0.4, -0.2) is 15.0 Å². The predicted molar refractivity (Wildman–Crippen MR) is 250 cm³/mol. The van der Waals surface area contributed by atoms with Crippen LogP contribution in [0.25, 0.3) is 78.7 Å². The van der Waals surface area contributed by atoms with Crippen molar-refractivity contribution in [2.24, 2.45) is 0 Å². The molecule has 11 rings (SSSR count). The third-order valence-electron chi connectivity index (χ3n) is 12.0. The van der Waals surface area contributed by atoms with Gasteiger partial charge in [-0.05, 0) is 78.9 Å². The largest absolute Gasteiger partial charge is 0.208 e. The summed E-state index contributed by atoms with van der Waals surface area (Å²) in [4.78, 5) is 15.2. The van der Waals surface area contributed by atoms with Gasteiger partial charge in [0.1, 0.15) is 0 Å². The van der Waals surface area contributed by atoms with Crippen molar-refractivity contribution in [3.05, 3.63) is 259 Å². The van der Waals surface area contributed by atoms with Gasteiger partial charge in [-0.1, -0.05) is 224 Å². The molecule has 0 amide bonds. The zero-order valence-corrected chi connectivity index (χ0v) is 33.4. The molecule has 0 aliphatic heterocycles. The number of rotatable bonds is 8. The van der Waals surface area contributed by atoms with Crippen LogP contribution in [0, 0.1) is 0 Å². The van der Waals surface area contributed by atoms with E-state index in [0.717, 1.165) is 38.9 Å². The van der Waals surface area contributed by atoms with Gasteiger partial charge in [-0.25, -0.2) is 15.0 Å². The Hall–Kier alpha value is -8.01. The molecule has 0 saturated heterocycles. The predicted octanol–water partition coefficient (Wildman–Crippen LogP) is 14.2. The van der Waals surface area contributed by atoms with Crippen LogP contribution in [0.4, 0.5) is 0 Å². The Kier molecular flexibility index (Phi) is 9.05. The van der Waals surface area contributed by atoms with E-state index < -0.39 is 5.41 Å². The lowest BCUT2D eigenvalue weighted by Crippen LogP contribution is -2.29. The van der Waals surface area contributed by atoms with Gasteiger partial charge in [-0.2, -0.15) is 0 Å². The zero-order valence-electron chi connectivity index (χ0n) is 33.4. The van der Waals surface area contributed by atoms with Gasteiger partial charge in [0.25, 0.3) is 0 Å². The first-order valence-electron chi connectivity index (χ1n) is 20.8. The first kappa shape index (κ1) is 36.1. The molecule has 1 aliphatic carbocycles. The molecule has 61 heavy (non-hydrogen) atoms. The lowest BCUT2D eigenvalue weighted by atomic mass is 9.66. The van der Waals surface area contributed by atoms with Gasteiger partial charge in [0.2, 0.25) is 0 Å². The van der Waals surface area contributed by atoms with Crippen LogP contribution in [-0.2, 0) is 5.41 Å². The first-order valence-corrected chi connectivity index (χ1v) is 20.8. The molecular weight excluding hydrogens is 739 g/mol. The summed E-state index contributed by atoms with van der Waals surface area (Å²) in [6, 6.07) is 84.3. The molecule has 0 N–H and O–H groups in total. The Morgan fingerprint density at radius 2 is 0.574 bits per heavy atom. The summed E-state index contributed by atoms with van der Waals surface area (Å²) in [5.41, 5.74) is 16.8. The fourth-order valence-electron chi connectivity index (χ4n) is 9.24. The van der Waals surface area contributed by atoms with Gasteiger partial charge in [-0.3, -0.25) is 0 Å². The molecule has 0 bridgehead atoms. The molecule has 3 heteroatoms. The molecule has 3 nitrogen and oxygen atoms in total. The molecular formula is C58H39N3. The highest BCUT2D eigenvalue weighted by atomic mass is 15.0. The van der Waals surface area contributed by atoms with Crippen molar-refractivity contribution in [2.45, 2.75) is 5.41 Å². The van der Waals surface area contributed by atoms with Crippen molar-refractivity contribution < 1.29 is 0 Å². The van der Waals surface area contributed by atoms with E-state index in [1.54, 1.807) is 0 Å². The quantitative estimate of drug-likeness (QED) is 0.154. The maximum Gasteiger partial charge on any atom is 0.164 e. The standard InChI is InChI=1S/C58H39N3/c1-4-18-40(19-5-1)41-34-36-43(37-35-41)56-59-55(42-20-6-2-7-21-42)60-57(61-56)47-25-17-23-45(39-47)44-22-16-24-46(38-44)49-28-10-13-31-52(49)58(48-26-8-3-9-27-48)53-32-14-11-29-50(53)51-30-12-15-33-54(51)58/h1-39H. The van der Waals surface area contributed by atoms with Crippen molar-refractivity contribution in [3.63, 3.8) is 0 Å². The van der Waals surface area contributed by atoms with Crippen LogP contribution in [0.3, 0.4) is 0 Å². The Bertz CT molecular complexity index is 3130. The van der Waals surface area contributed by atoms with E-state index in [2.05, 4.69) is 200 Å². The molecule has 1 heterocycles. The summed E-state index contributed by atoms with van der Waals surface area (Å²) < 4.78 is 0. The van der Waals surface area contributed by atoms with Crippen LogP contribution >= 0.6 is 0 Å². The fourth-order valence-corrected chi connectivity index (χ4v) is 9.24. The summed E-state index contributed by atoms with van der Waals surface area (Å²) in [5.74, 6) is 1.90. The van der Waals surface area contributed by atoms with Crippen LogP contribution in [0.2, 0.25) is 0 Å². The van der Waals surface area contributed by atoms with Crippen molar-refractivity contribution in [3.8, 4) is 78.7 Å². The maximum atomic E-state index is 5.11. The van der Waals surface area contributed by atoms with E-state index >= 15 is 0 Å². The number of fused-ring (bicyclic) bond motifs is 3. The molecule has 0 spiro atoms. The number of aromatic nitrogens is 3. The summed E-state index contributed by atoms with van der Waals surface area (Å²) >= 11 is 0. The normalized spacial score (nSPS) is 12.4. The molecule has 0 radical (unpaired) electrons. The van der Waals surface area contributed by atoms with Crippen LogP contribution in [0.1, 0.15) is 22.3 Å². The fraction of sp³-hybridized carbons (Fsp3) is 0.0172. The number of hydrogen-bond acceptors (Lipinski definition) is 3. The minimum absolute atomic E-state index is 0.504. The van der Waals surface area contributed by atoms with E-state index in [1.165, 1.54) is 44.5 Å². The Labute approximate surface area is 356 Å². The molecule has 9 aromatic carbocycles. The highest BCUT2D eigenvalue weighted by molar-refractivity contribution is 5.89. The van der Waals surface area contributed by atoms with Crippen LogP contribution < -0.4 is 0 Å². The third kappa shape index (κ3) is 6.35.